The third-order valence-corrected chi connectivity index (χ3v) is 3.65. The van der Waals surface area contributed by atoms with Crippen LogP contribution in [0.25, 0.3) is 0 Å². The molecule has 2 aromatic rings. The minimum atomic E-state index is -0.0709. The number of hydrogen-bond acceptors (Lipinski definition) is 2. The van der Waals surface area contributed by atoms with Gasteiger partial charge in [-0.05, 0) is 31.2 Å². The van der Waals surface area contributed by atoms with Crippen LogP contribution in [-0.2, 0) is 4.79 Å². The quantitative estimate of drug-likeness (QED) is 0.860. The molecule has 0 unspecified atom stereocenters. The van der Waals surface area contributed by atoms with E-state index in [9.17, 15) is 4.79 Å². The Morgan fingerprint density at radius 2 is 2.05 bits per heavy atom. The minimum Gasteiger partial charge on any atom is -0.495 e. The number of carbonyl (C=O) groups excluding carboxylic acids is 1. The minimum absolute atomic E-state index is 0.0709. The number of amides is 1. The van der Waals surface area contributed by atoms with Crippen LogP contribution in [-0.4, -0.2) is 19.6 Å². The molecule has 3 N–H and O–H groups in total. The highest BCUT2D eigenvalue weighted by molar-refractivity contribution is 6.30. The van der Waals surface area contributed by atoms with Gasteiger partial charge in [-0.3, -0.25) is 4.79 Å². The predicted molar refractivity (Wildman–Crippen MR) is 88.3 cm³/mol. The van der Waals surface area contributed by atoms with E-state index in [2.05, 4.69) is 5.32 Å². The number of nitrogens with one attached hydrogen (secondary N) is 1. The number of benzene rings is 2. The fourth-order valence-electron chi connectivity index (χ4n) is 2.16. The molecule has 0 radical (unpaired) electrons. The summed E-state index contributed by atoms with van der Waals surface area (Å²) in [5.74, 6) is 0.581. The highest BCUT2D eigenvalue weighted by atomic mass is 35.5. The fourth-order valence-corrected chi connectivity index (χ4v) is 2.36. The number of carbonyl (C=O) groups is 1. The van der Waals surface area contributed by atoms with Gasteiger partial charge in [0.1, 0.15) is 11.8 Å². The van der Waals surface area contributed by atoms with Crippen molar-refractivity contribution in [3.63, 3.8) is 0 Å². The van der Waals surface area contributed by atoms with Gasteiger partial charge in [0.25, 0.3) is 5.91 Å². The maximum absolute atomic E-state index is 12.1. The zero-order valence-electron chi connectivity index (χ0n) is 12.7. The van der Waals surface area contributed by atoms with E-state index in [1.807, 2.05) is 60.8 Å². The lowest BCUT2D eigenvalue weighted by Crippen LogP contribution is -2.86. The van der Waals surface area contributed by atoms with Crippen LogP contribution in [0, 0.1) is 0 Å². The molecule has 4 nitrogen and oxygen atoms in total. The summed E-state index contributed by atoms with van der Waals surface area (Å²) in [7, 11) is 1.58. The van der Waals surface area contributed by atoms with E-state index in [0.717, 1.165) is 5.56 Å². The third-order valence-electron chi connectivity index (χ3n) is 3.41. The van der Waals surface area contributed by atoms with Gasteiger partial charge in [-0.1, -0.05) is 35.9 Å². The molecule has 1 atom stereocenters. The van der Waals surface area contributed by atoms with E-state index < -0.39 is 0 Å². The van der Waals surface area contributed by atoms with Crippen LogP contribution in [0.15, 0.2) is 48.5 Å². The average molecular weight is 320 g/mol. The second kappa shape index (κ2) is 7.82. The van der Waals surface area contributed by atoms with Gasteiger partial charge in [0.15, 0.2) is 6.54 Å². The van der Waals surface area contributed by atoms with Gasteiger partial charge in [0.2, 0.25) is 0 Å². The normalized spacial score (nSPS) is 11.8. The molecular weight excluding hydrogens is 300 g/mol. The number of anilines is 1. The van der Waals surface area contributed by atoms with E-state index in [1.54, 1.807) is 7.11 Å². The van der Waals surface area contributed by atoms with Gasteiger partial charge in [-0.25, -0.2) is 0 Å². The van der Waals surface area contributed by atoms with Crippen LogP contribution < -0.4 is 15.4 Å². The second-order valence-corrected chi connectivity index (χ2v) is 5.47. The molecule has 0 aliphatic rings. The lowest BCUT2D eigenvalue weighted by atomic mass is 10.1. The first kappa shape index (κ1) is 16.3. The first-order chi connectivity index (χ1) is 10.6. The van der Waals surface area contributed by atoms with E-state index in [1.165, 1.54) is 0 Å². The number of quaternary nitrogens is 1. The molecule has 0 aliphatic carbocycles. The maximum atomic E-state index is 12.1. The Hall–Kier alpha value is -2.04. The number of halogens is 1. The average Bonchev–Trinajstić information content (AvgIpc) is 2.53. The monoisotopic (exact) mass is 319 g/mol. The van der Waals surface area contributed by atoms with Gasteiger partial charge in [0.05, 0.1) is 12.8 Å². The van der Waals surface area contributed by atoms with Crippen LogP contribution in [0.2, 0.25) is 5.02 Å². The van der Waals surface area contributed by atoms with Crippen molar-refractivity contribution < 1.29 is 14.8 Å². The second-order valence-electron chi connectivity index (χ2n) is 5.03. The summed E-state index contributed by atoms with van der Waals surface area (Å²) < 4.78 is 5.21. The smallest absolute Gasteiger partial charge is 0.279 e. The van der Waals surface area contributed by atoms with Crippen molar-refractivity contribution in [3.05, 3.63) is 59.1 Å². The van der Waals surface area contributed by atoms with Crippen LogP contribution in [0.1, 0.15) is 18.5 Å². The summed E-state index contributed by atoms with van der Waals surface area (Å²) >= 11 is 5.99. The first-order valence-electron chi connectivity index (χ1n) is 7.12. The Morgan fingerprint density at radius 3 is 2.77 bits per heavy atom. The molecule has 0 aliphatic heterocycles. The standard InChI is InChI=1S/C17H19ClN2O2/c1-12(13-6-5-7-14(18)10-13)19-11-17(21)20-15-8-3-4-9-16(15)22-2/h3-10,12,19H,11H2,1-2H3,(H,20,21)/p+1/t12-/m0/s1. The number of para-hydroxylation sites is 2. The van der Waals surface area contributed by atoms with E-state index in [-0.39, 0.29) is 11.9 Å². The van der Waals surface area contributed by atoms with Crippen LogP contribution >= 0.6 is 11.6 Å². The van der Waals surface area contributed by atoms with Gasteiger partial charge >= 0.3 is 0 Å². The topological polar surface area (TPSA) is 54.9 Å². The summed E-state index contributed by atoms with van der Waals surface area (Å²) in [6.45, 7) is 2.37. The fraction of sp³-hybridized carbons (Fsp3) is 0.235. The molecule has 2 rings (SSSR count). The molecule has 0 saturated heterocycles. The Kier molecular flexibility index (Phi) is 5.81. The maximum Gasteiger partial charge on any atom is 0.279 e. The lowest BCUT2D eigenvalue weighted by Gasteiger charge is -2.12. The van der Waals surface area contributed by atoms with Crippen molar-refractivity contribution in [2.45, 2.75) is 13.0 Å². The number of ether oxygens (including phenoxy) is 1. The molecule has 0 heterocycles. The summed E-state index contributed by atoms with van der Waals surface area (Å²) in [4.78, 5) is 12.1. The summed E-state index contributed by atoms with van der Waals surface area (Å²) in [5.41, 5.74) is 1.77. The van der Waals surface area contributed by atoms with Gasteiger partial charge < -0.3 is 15.4 Å². The molecule has 116 valence electrons. The van der Waals surface area contributed by atoms with Crippen molar-refractivity contribution in [1.29, 1.82) is 0 Å². The number of hydrogen-bond donors (Lipinski definition) is 2. The van der Waals surface area contributed by atoms with Crippen LogP contribution in [0.5, 0.6) is 5.75 Å². The lowest BCUT2D eigenvalue weighted by molar-refractivity contribution is -0.682. The largest absolute Gasteiger partial charge is 0.495 e. The number of rotatable bonds is 6. The first-order valence-corrected chi connectivity index (χ1v) is 7.49. The Morgan fingerprint density at radius 1 is 1.27 bits per heavy atom. The van der Waals surface area contributed by atoms with E-state index >= 15 is 0 Å². The molecule has 0 aromatic heterocycles. The van der Waals surface area contributed by atoms with E-state index in [0.29, 0.717) is 23.0 Å². The molecule has 2 aromatic carbocycles. The summed E-state index contributed by atoms with van der Waals surface area (Å²) in [6, 6.07) is 15.2. The zero-order valence-corrected chi connectivity index (χ0v) is 13.4. The predicted octanol–water partition coefficient (Wildman–Crippen LogP) is 2.61. The SMILES string of the molecule is COc1ccccc1NC(=O)C[NH2+][C@@H](C)c1cccc(Cl)c1. The van der Waals surface area contributed by atoms with Gasteiger partial charge in [-0.15, -0.1) is 0 Å². The van der Waals surface area contributed by atoms with E-state index in [4.69, 9.17) is 16.3 Å². The Balaban J connectivity index is 1.90. The molecule has 5 heteroatoms. The molecular formula is C17H20ClN2O2+. The summed E-state index contributed by atoms with van der Waals surface area (Å²) in [6.07, 6.45) is 0. The van der Waals surface area contributed by atoms with Gasteiger partial charge in [-0.2, -0.15) is 0 Å². The van der Waals surface area contributed by atoms with Crippen molar-refractivity contribution >= 4 is 23.2 Å². The number of nitrogens with two attached hydrogens (primary N) is 1. The van der Waals surface area contributed by atoms with Gasteiger partial charge in [0, 0.05) is 10.6 Å². The van der Waals surface area contributed by atoms with Crippen molar-refractivity contribution in [3.8, 4) is 5.75 Å². The molecule has 0 spiro atoms. The third kappa shape index (κ3) is 4.48. The highest BCUT2D eigenvalue weighted by Gasteiger charge is 2.13. The van der Waals surface area contributed by atoms with Crippen molar-refractivity contribution in [1.82, 2.24) is 0 Å². The Bertz CT molecular complexity index is 646. The molecule has 22 heavy (non-hydrogen) atoms. The number of methoxy groups -OCH3 is 1. The molecule has 0 saturated carbocycles. The molecule has 0 fully saturated rings. The van der Waals surface area contributed by atoms with Crippen molar-refractivity contribution in [2.24, 2.45) is 0 Å². The summed E-state index contributed by atoms with van der Waals surface area (Å²) in [5, 5.41) is 5.53. The highest BCUT2D eigenvalue weighted by Crippen LogP contribution is 2.22. The molecule has 0 bridgehead atoms. The van der Waals surface area contributed by atoms with Crippen molar-refractivity contribution in [2.75, 3.05) is 19.0 Å². The molecule has 1 amide bonds. The van der Waals surface area contributed by atoms with Crippen LogP contribution in [0.4, 0.5) is 5.69 Å². The van der Waals surface area contributed by atoms with Crippen LogP contribution in [0.3, 0.4) is 0 Å². The Labute approximate surface area is 135 Å². The zero-order chi connectivity index (χ0) is 15.9.